The van der Waals surface area contributed by atoms with Gasteiger partial charge in [-0.25, -0.2) is 0 Å². The van der Waals surface area contributed by atoms with Gasteiger partial charge >= 0.3 is 0 Å². The van der Waals surface area contributed by atoms with Crippen LogP contribution in [0.3, 0.4) is 0 Å². The zero-order valence-corrected chi connectivity index (χ0v) is 7.49. The Labute approximate surface area is 76.9 Å². The SMILES string of the molecule is O=C(c1cc[nH]n1)N1CCCCC1. The van der Waals surface area contributed by atoms with Gasteiger partial charge in [0.05, 0.1) is 0 Å². The Hall–Kier alpha value is -1.32. The van der Waals surface area contributed by atoms with E-state index in [1.54, 1.807) is 12.3 Å². The van der Waals surface area contributed by atoms with Crippen LogP contribution in [0.5, 0.6) is 0 Å². The number of likely N-dealkylation sites (tertiary alicyclic amines) is 1. The van der Waals surface area contributed by atoms with E-state index >= 15 is 0 Å². The number of aromatic nitrogens is 2. The first-order chi connectivity index (χ1) is 6.38. The number of carbonyl (C=O) groups is 1. The predicted octanol–water partition coefficient (Wildman–Crippen LogP) is 1.04. The topological polar surface area (TPSA) is 49.0 Å². The van der Waals surface area contributed by atoms with Crippen LogP contribution in [0.4, 0.5) is 0 Å². The van der Waals surface area contributed by atoms with E-state index in [1.807, 2.05) is 4.90 Å². The lowest BCUT2D eigenvalue weighted by Gasteiger charge is -2.25. The summed E-state index contributed by atoms with van der Waals surface area (Å²) in [5.74, 6) is 0.0564. The van der Waals surface area contributed by atoms with Crippen molar-refractivity contribution >= 4 is 5.91 Å². The number of carbonyl (C=O) groups excluding carboxylic acids is 1. The van der Waals surface area contributed by atoms with Gasteiger partial charge in [0.1, 0.15) is 5.69 Å². The number of piperidine rings is 1. The highest BCUT2D eigenvalue weighted by atomic mass is 16.2. The summed E-state index contributed by atoms with van der Waals surface area (Å²) in [5.41, 5.74) is 0.530. The van der Waals surface area contributed by atoms with Gasteiger partial charge in [-0.05, 0) is 25.3 Å². The van der Waals surface area contributed by atoms with Crippen molar-refractivity contribution in [1.29, 1.82) is 0 Å². The van der Waals surface area contributed by atoms with Crippen molar-refractivity contribution in [3.63, 3.8) is 0 Å². The molecule has 1 aliphatic rings. The predicted molar refractivity (Wildman–Crippen MR) is 48.3 cm³/mol. The van der Waals surface area contributed by atoms with Crippen LogP contribution in [0.15, 0.2) is 12.3 Å². The van der Waals surface area contributed by atoms with Crippen LogP contribution in [0.1, 0.15) is 29.8 Å². The Morgan fingerprint density at radius 3 is 2.77 bits per heavy atom. The lowest BCUT2D eigenvalue weighted by Crippen LogP contribution is -2.35. The van der Waals surface area contributed by atoms with Crippen LogP contribution < -0.4 is 0 Å². The Balaban J connectivity index is 2.04. The Morgan fingerprint density at radius 1 is 1.38 bits per heavy atom. The van der Waals surface area contributed by atoms with Gasteiger partial charge in [0.25, 0.3) is 5.91 Å². The molecule has 0 unspecified atom stereocenters. The molecule has 0 aromatic carbocycles. The van der Waals surface area contributed by atoms with Gasteiger partial charge in [-0.1, -0.05) is 0 Å². The minimum absolute atomic E-state index is 0.0564. The Morgan fingerprint density at radius 2 is 2.15 bits per heavy atom. The first-order valence-electron chi connectivity index (χ1n) is 4.67. The van der Waals surface area contributed by atoms with E-state index in [0.717, 1.165) is 25.9 Å². The van der Waals surface area contributed by atoms with E-state index in [1.165, 1.54) is 6.42 Å². The molecule has 1 aromatic rings. The van der Waals surface area contributed by atoms with Gasteiger partial charge in [0.2, 0.25) is 0 Å². The summed E-state index contributed by atoms with van der Waals surface area (Å²) in [4.78, 5) is 13.6. The molecule has 70 valence electrons. The molecule has 0 atom stereocenters. The van der Waals surface area contributed by atoms with Crippen molar-refractivity contribution in [2.24, 2.45) is 0 Å². The number of aromatic amines is 1. The van der Waals surface area contributed by atoms with Crippen LogP contribution in [-0.2, 0) is 0 Å². The third kappa shape index (κ3) is 1.71. The van der Waals surface area contributed by atoms with E-state index in [-0.39, 0.29) is 5.91 Å². The van der Waals surface area contributed by atoms with Crippen LogP contribution >= 0.6 is 0 Å². The molecule has 1 saturated heterocycles. The molecule has 1 fully saturated rings. The highest BCUT2D eigenvalue weighted by Gasteiger charge is 2.18. The van der Waals surface area contributed by atoms with Gasteiger partial charge in [0, 0.05) is 19.3 Å². The zero-order chi connectivity index (χ0) is 9.10. The highest BCUT2D eigenvalue weighted by Crippen LogP contribution is 2.11. The number of nitrogens with zero attached hydrogens (tertiary/aromatic N) is 2. The van der Waals surface area contributed by atoms with Gasteiger partial charge in [-0.3, -0.25) is 9.89 Å². The van der Waals surface area contributed by atoms with E-state index in [9.17, 15) is 4.79 Å². The monoisotopic (exact) mass is 179 g/mol. The third-order valence-corrected chi connectivity index (χ3v) is 2.36. The molecule has 1 N–H and O–H groups in total. The normalized spacial score (nSPS) is 17.4. The zero-order valence-electron chi connectivity index (χ0n) is 7.49. The van der Waals surface area contributed by atoms with Gasteiger partial charge < -0.3 is 4.90 Å². The van der Waals surface area contributed by atoms with Crippen molar-refractivity contribution in [2.75, 3.05) is 13.1 Å². The van der Waals surface area contributed by atoms with E-state index in [4.69, 9.17) is 0 Å². The molecule has 0 radical (unpaired) electrons. The number of amides is 1. The quantitative estimate of drug-likeness (QED) is 0.700. The molecule has 4 heteroatoms. The Kier molecular flexibility index (Phi) is 2.29. The van der Waals surface area contributed by atoms with Gasteiger partial charge in [-0.2, -0.15) is 5.10 Å². The second kappa shape index (κ2) is 3.60. The molecule has 0 aliphatic carbocycles. The third-order valence-electron chi connectivity index (χ3n) is 2.36. The van der Waals surface area contributed by atoms with Crippen molar-refractivity contribution < 1.29 is 4.79 Å². The largest absolute Gasteiger partial charge is 0.337 e. The van der Waals surface area contributed by atoms with Crippen LogP contribution in [0.25, 0.3) is 0 Å². The lowest BCUT2D eigenvalue weighted by atomic mass is 10.1. The smallest absolute Gasteiger partial charge is 0.274 e. The fourth-order valence-corrected chi connectivity index (χ4v) is 1.64. The van der Waals surface area contributed by atoms with Crippen LogP contribution in [0, 0.1) is 0 Å². The van der Waals surface area contributed by atoms with Crippen LogP contribution in [-0.4, -0.2) is 34.1 Å². The van der Waals surface area contributed by atoms with E-state index in [0.29, 0.717) is 5.69 Å². The molecule has 13 heavy (non-hydrogen) atoms. The summed E-state index contributed by atoms with van der Waals surface area (Å²) in [6.07, 6.45) is 5.16. The van der Waals surface area contributed by atoms with Crippen LogP contribution in [0.2, 0.25) is 0 Å². The summed E-state index contributed by atoms with van der Waals surface area (Å²) in [6.45, 7) is 1.76. The molecule has 0 bridgehead atoms. The number of rotatable bonds is 1. The van der Waals surface area contributed by atoms with Crippen molar-refractivity contribution in [3.8, 4) is 0 Å². The summed E-state index contributed by atoms with van der Waals surface area (Å²) < 4.78 is 0. The second-order valence-electron chi connectivity index (χ2n) is 3.31. The molecule has 2 heterocycles. The summed E-state index contributed by atoms with van der Waals surface area (Å²) in [5, 5.41) is 6.53. The fraction of sp³-hybridized carbons (Fsp3) is 0.556. The lowest BCUT2D eigenvalue weighted by molar-refractivity contribution is 0.0718. The van der Waals surface area contributed by atoms with Crippen molar-refractivity contribution in [3.05, 3.63) is 18.0 Å². The molecule has 0 spiro atoms. The summed E-state index contributed by atoms with van der Waals surface area (Å²) in [7, 11) is 0. The maximum absolute atomic E-state index is 11.7. The molecule has 0 saturated carbocycles. The minimum atomic E-state index is 0.0564. The number of H-pyrrole nitrogens is 1. The molecular formula is C9H13N3O. The average Bonchev–Trinajstić information content (AvgIpc) is 2.71. The molecule has 1 aliphatic heterocycles. The molecular weight excluding hydrogens is 166 g/mol. The number of hydrogen-bond donors (Lipinski definition) is 1. The minimum Gasteiger partial charge on any atom is -0.337 e. The highest BCUT2D eigenvalue weighted by molar-refractivity contribution is 5.92. The summed E-state index contributed by atoms with van der Waals surface area (Å²) >= 11 is 0. The Bertz CT molecular complexity index is 275. The van der Waals surface area contributed by atoms with E-state index < -0.39 is 0 Å². The first-order valence-corrected chi connectivity index (χ1v) is 4.67. The van der Waals surface area contributed by atoms with Gasteiger partial charge in [-0.15, -0.1) is 0 Å². The van der Waals surface area contributed by atoms with Gasteiger partial charge in [0.15, 0.2) is 0 Å². The molecule has 1 amide bonds. The standard InChI is InChI=1S/C9H13N3O/c13-9(8-4-5-10-11-8)12-6-2-1-3-7-12/h4-5H,1-3,6-7H2,(H,10,11). The first kappa shape index (κ1) is 8.29. The fourth-order valence-electron chi connectivity index (χ4n) is 1.64. The summed E-state index contributed by atoms with van der Waals surface area (Å²) in [6, 6.07) is 1.72. The number of hydrogen-bond acceptors (Lipinski definition) is 2. The molecule has 1 aromatic heterocycles. The number of nitrogens with one attached hydrogen (secondary N) is 1. The van der Waals surface area contributed by atoms with Crippen molar-refractivity contribution in [1.82, 2.24) is 15.1 Å². The second-order valence-corrected chi connectivity index (χ2v) is 3.31. The maximum atomic E-state index is 11.7. The molecule has 4 nitrogen and oxygen atoms in total. The molecule has 2 rings (SSSR count). The van der Waals surface area contributed by atoms with E-state index in [2.05, 4.69) is 10.2 Å². The van der Waals surface area contributed by atoms with Crippen molar-refractivity contribution in [2.45, 2.75) is 19.3 Å². The average molecular weight is 179 g/mol. The maximum Gasteiger partial charge on any atom is 0.274 e.